The molecule has 0 unspecified atom stereocenters. The fourth-order valence-corrected chi connectivity index (χ4v) is 3.67. The molecule has 0 bridgehead atoms. The summed E-state index contributed by atoms with van der Waals surface area (Å²) in [5.74, 6) is -0.868. The maximum Gasteiger partial charge on any atom is 0.191 e. The van der Waals surface area contributed by atoms with Crippen molar-refractivity contribution in [1.29, 1.82) is 0 Å². The van der Waals surface area contributed by atoms with Gasteiger partial charge in [0.25, 0.3) is 0 Å². The molecule has 0 radical (unpaired) electrons. The van der Waals surface area contributed by atoms with E-state index in [-0.39, 0.29) is 23.0 Å². The number of benzene rings is 2. The molecule has 5 nitrogen and oxygen atoms in total. The molecule has 2 aromatic carbocycles. The molecule has 0 amide bonds. The summed E-state index contributed by atoms with van der Waals surface area (Å²) in [7, 11) is -3.74. The molecule has 0 aliphatic carbocycles. The quantitative estimate of drug-likeness (QED) is 0.559. The molecule has 2 rings (SSSR count). The lowest BCUT2D eigenvalue weighted by molar-refractivity contribution is 0.566. The molecule has 0 saturated heterocycles. The van der Waals surface area contributed by atoms with Gasteiger partial charge in [0, 0.05) is 13.1 Å². The second-order valence-corrected chi connectivity index (χ2v) is 8.03. The highest BCUT2D eigenvalue weighted by molar-refractivity contribution is 7.91. The second kappa shape index (κ2) is 9.45. The highest BCUT2D eigenvalue weighted by atomic mass is 32.2. The minimum absolute atomic E-state index is 0.0744. The molecular weight excluding hydrogens is 372 g/mol. The van der Waals surface area contributed by atoms with E-state index in [0.717, 1.165) is 11.6 Å². The van der Waals surface area contributed by atoms with E-state index in [1.54, 1.807) is 19.1 Å². The third-order valence-electron chi connectivity index (χ3n) is 3.82. The lowest BCUT2D eigenvalue weighted by Gasteiger charge is -2.12. The Balaban J connectivity index is 1.99. The van der Waals surface area contributed by atoms with Crippen LogP contribution in [-0.4, -0.2) is 33.2 Å². The van der Waals surface area contributed by atoms with E-state index in [9.17, 15) is 17.2 Å². The average Bonchev–Trinajstić information content (AvgIpc) is 2.62. The molecular formula is C19H23F2N3O2S. The first-order valence-corrected chi connectivity index (χ1v) is 10.2. The maximum absolute atomic E-state index is 13.7. The predicted octanol–water partition coefficient (Wildman–Crippen LogP) is 2.80. The van der Waals surface area contributed by atoms with Crippen LogP contribution in [0.4, 0.5) is 8.78 Å². The van der Waals surface area contributed by atoms with Gasteiger partial charge in [-0.2, -0.15) is 0 Å². The Hall–Kier alpha value is -2.48. The lowest BCUT2D eigenvalue weighted by atomic mass is 10.1. The summed E-state index contributed by atoms with van der Waals surface area (Å²) in [6.45, 7) is 4.55. The van der Waals surface area contributed by atoms with E-state index in [4.69, 9.17) is 0 Å². The van der Waals surface area contributed by atoms with Crippen LogP contribution in [0.1, 0.15) is 18.1 Å². The number of halogens is 2. The van der Waals surface area contributed by atoms with Gasteiger partial charge in [0.1, 0.15) is 16.5 Å². The summed E-state index contributed by atoms with van der Waals surface area (Å²) in [4.78, 5) is 4.06. The van der Waals surface area contributed by atoms with Crippen molar-refractivity contribution in [3.05, 3.63) is 65.2 Å². The van der Waals surface area contributed by atoms with E-state index < -0.39 is 15.7 Å². The highest BCUT2D eigenvalue weighted by Gasteiger charge is 2.18. The van der Waals surface area contributed by atoms with Crippen molar-refractivity contribution in [2.24, 2.45) is 4.99 Å². The Labute approximate surface area is 158 Å². The molecule has 0 aliphatic heterocycles. The van der Waals surface area contributed by atoms with Gasteiger partial charge >= 0.3 is 0 Å². The molecule has 0 heterocycles. The lowest BCUT2D eigenvalue weighted by Crippen LogP contribution is -2.39. The van der Waals surface area contributed by atoms with Crippen LogP contribution in [0.25, 0.3) is 0 Å². The van der Waals surface area contributed by atoms with E-state index in [1.165, 1.54) is 24.3 Å². The van der Waals surface area contributed by atoms with Crippen LogP contribution in [0.15, 0.2) is 52.4 Å². The maximum atomic E-state index is 13.7. The van der Waals surface area contributed by atoms with E-state index in [0.29, 0.717) is 24.6 Å². The van der Waals surface area contributed by atoms with Crippen LogP contribution in [-0.2, 0) is 16.4 Å². The molecule has 0 fully saturated rings. The zero-order valence-electron chi connectivity index (χ0n) is 15.3. The number of guanidine groups is 1. The Morgan fingerprint density at radius 2 is 1.81 bits per heavy atom. The third-order valence-corrected chi connectivity index (χ3v) is 5.56. The molecule has 2 aromatic rings. The van der Waals surface area contributed by atoms with Crippen molar-refractivity contribution in [1.82, 2.24) is 10.6 Å². The Morgan fingerprint density at radius 1 is 1.07 bits per heavy atom. The Morgan fingerprint density at radius 3 is 2.48 bits per heavy atom. The molecule has 0 aliphatic rings. The average molecular weight is 395 g/mol. The molecule has 8 heteroatoms. The van der Waals surface area contributed by atoms with Gasteiger partial charge in [-0.3, -0.25) is 0 Å². The number of aliphatic imine (C=N–C) groups is 1. The van der Waals surface area contributed by atoms with Crippen molar-refractivity contribution in [2.75, 3.05) is 18.8 Å². The van der Waals surface area contributed by atoms with Crippen LogP contribution in [0.2, 0.25) is 0 Å². The second-order valence-electron chi connectivity index (χ2n) is 5.95. The van der Waals surface area contributed by atoms with Crippen LogP contribution in [0.5, 0.6) is 0 Å². The molecule has 0 atom stereocenters. The van der Waals surface area contributed by atoms with Gasteiger partial charge in [0.15, 0.2) is 15.8 Å². The zero-order chi connectivity index (χ0) is 19.9. The molecule has 146 valence electrons. The first kappa shape index (κ1) is 20.8. The smallest absolute Gasteiger partial charge is 0.191 e. The zero-order valence-corrected chi connectivity index (χ0v) is 16.1. The van der Waals surface area contributed by atoms with E-state index in [2.05, 4.69) is 15.6 Å². The summed E-state index contributed by atoms with van der Waals surface area (Å²) in [6.07, 6.45) is 0. The molecule has 0 saturated carbocycles. The SMILES string of the molecule is CCNC(=NCc1ccc(F)c(C)c1)NCCS(=O)(=O)c1ccccc1F. The van der Waals surface area contributed by atoms with Gasteiger partial charge < -0.3 is 10.6 Å². The van der Waals surface area contributed by atoms with Gasteiger partial charge in [-0.15, -0.1) is 0 Å². The topological polar surface area (TPSA) is 70.6 Å². The van der Waals surface area contributed by atoms with Crippen LogP contribution in [0.3, 0.4) is 0 Å². The van der Waals surface area contributed by atoms with Crippen LogP contribution in [0, 0.1) is 18.6 Å². The first-order chi connectivity index (χ1) is 12.8. The fourth-order valence-electron chi connectivity index (χ4n) is 2.43. The Kier molecular flexibility index (Phi) is 7.29. The summed E-state index contributed by atoms with van der Waals surface area (Å²) >= 11 is 0. The third kappa shape index (κ3) is 6.02. The number of nitrogens with zero attached hydrogens (tertiary/aromatic N) is 1. The van der Waals surface area contributed by atoms with Gasteiger partial charge in [-0.1, -0.05) is 24.3 Å². The van der Waals surface area contributed by atoms with Crippen molar-refractivity contribution in [3.63, 3.8) is 0 Å². The summed E-state index contributed by atoms with van der Waals surface area (Å²) in [5, 5.41) is 5.94. The molecule has 27 heavy (non-hydrogen) atoms. The molecule has 0 spiro atoms. The van der Waals surface area contributed by atoms with Crippen molar-refractivity contribution in [2.45, 2.75) is 25.3 Å². The van der Waals surface area contributed by atoms with Gasteiger partial charge in [-0.05, 0) is 43.2 Å². The van der Waals surface area contributed by atoms with Gasteiger partial charge in [0.05, 0.1) is 12.3 Å². The van der Waals surface area contributed by atoms with Crippen molar-refractivity contribution in [3.8, 4) is 0 Å². The number of sulfone groups is 1. The van der Waals surface area contributed by atoms with Crippen molar-refractivity contribution < 1.29 is 17.2 Å². The number of aryl methyl sites for hydroxylation is 1. The number of hydrogen-bond donors (Lipinski definition) is 2. The highest BCUT2D eigenvalue weighted by Crippen LogP contribution is 2.14. The minimum atomic E-state index is -3.74. The molecule has 0 aromatic heterocycles. The van der Waals surface area contributed by atoms with E-state index >= 15 is 0 Å². The summed E-state index contributed by atoms with van der Waals surface area (Å²) in [5.41, 5.74) is 1.38. The molecule has 2 N–H and O–H groups in total. The summed E-state index contributed by atoms with van der Waals surface area (Å²) in [6, 6.07) is 10.1. The monoisotopic (exact) mass is 395 g/mol. The first-order valence-electron chi connectivity index (χ1n) is 8.58. The van der Waals surface area contributed by atoms with E-state index in [1.807, 2.05) is 6.92 Å². The van der Waals surface area contributed by atoms with Crippen LogP contribution < -0.4 is 10.6 Å². The minimum Gasteiger partial charge on any atom is -0.357 e. The number of hydrogen-bond acceptors (Lipinski definition) is 3. The largest absolute Gasteiger partial charge is 0.357 e. The number of rotatable bonds is 7. The predicted molar refractivity (Wildman–Crippen MR) is 102 cm³/mol. The van der Waals surface area contributed by atoms with Crippen LogP contribution >= 0.6 is 0 Å². The normalized spacial score (nSPS) is 12.1. The van der Waals surface area contributed by atoms with Gasteiger partial charge in [-0.25, -0.2) is 22.2 Å². The standard InChI is InChI=1S/C19H23F2N3O2S/c1-3-22-19(24-13-15-8-9-16(20)14(2)12-15)23-10-11-27(25,26)18-7-5-4-6-17(18)21/h4-9,12H,3,10-11,13H2,1-2H3,(H2,22,23,24). The number of nitrogens with one attached hydrogen (secondary N) is 2. The Bertz CT molecular complexity index is 915. The van der Waals surface area contributed by atoms with Crippen molar-refractivity contribution >= 4 is 15.8 Å². The van der Waals surface area contributed by atoms with Gasteiger partial charge in [0.2, 0.25) is 0 Å². The summed E-state index contributed by atoms with van der Waals surface area (Å²) < 4.78 is 51.6. The fraction of sp³-hybridized carbons (Fsp3) is 0.316.